The molecule has 4 nitrogen and oxygen atoms in total. The van der Waals surface area contributed by atoms with Gasteiger partial charge in [0.25, 0.3) is 0 Å². The molecule has 3 rings (SSSR count). The van der Waals surface area contributed by atoms with E-state index in [1.165, 1.54) is 16.7 Å². The van der Waals surface area contributed by atoms with Crippen LogP contribution in [0, 0.1) is 6.92 Å². The maximum atomic E-state index is 6.12. The highest BCUT2D eigenvalue weighted by Crippen LogP contribution is 2.34. The Balaban J connectivity index is 0.00000261. The van der Waals surface area contributed by atoms with Crippen molar-refractivity contribution in [3.05, 3.63) is 58.4 Å². The summed E-state index contributed by atoms with van der Waals surface area (Å²) in [5, 5.41) is 3.44. The maximum absolute atomic E-state index is 6.12. The van der Waals surface area contributed by atoms with Crippen LogP contribution in [-0.2, 0) is 24.4 Å². The first-order valence-electron chi connectivity index (χ1n) is 9.64. The van der Waals surface area contributed by atoms with Crippen LogP contribution >= 0.6 is 12.4 Å². The Morgan fingerprint density at radius 3 is 2.59 bits per heavy atom. The lowest BCUT2D eigenvalue weighted by Gasteiger charge is -2.16. The van der Waals surface area contributed by atoms with Gasteiger partial charge >= 0.3 is 0 Å². The normalized spacial score (nSPS) is 12.7. The molecule has 0 saturated heterocycles. The zero-order chi connectivity index (χ0) is 18.4. The van der Waals surface area contributed by atoms with Crippen LogP contribution in [0.3, 0.4) is 0 Å². The summed E-state index contributed by atoms with van der Waals surface area (Å²) in [5.41, 5.74) is 5.79. The van der Waals surface area contributed by atoms with Crippen LogP contribution in [0.2, 0.25) is 0 Å². The van der Waals surface area contributed by atoms with E-state index in [0.717, 1.165) is 49.6 Å². The molecule has 0 radical (unpaired) electrons. The Labute approximate surface area is 169 Å². The topological polar surface area (TPSA) is 43.4 Å². The van der Waals surface area contributed by atoms with Crippen molar-refractivity contribution in [2.24, 2.45) is 0 Å². The number of pyridine rings is 1. The Morgan fingerprint density at radius 1 is 1.11 bits per heavy atom. The first-order valence-corrected chi connectivity index (χ1v) is 9.64. The summed E-state index contributed by atoms with van der Waals surface area (Å²) in [5.74, 6) is 0.936. The van der Waals surface area contributed by atoms with Crippen molar-refractivity contribution in [1.29, 1.82) is 0 Å². The molecule has 148 valence electrons. The molecule has 1 aliphatic rings. The Kier molecular flexibility index (Phi) is 8.55. The lowest BCUT2D eigenvalue weighted by Crippen LogP contribution is -2.23. The first kappa shape index (κ1) is 21.7. The molecule has 0 bridgehead atoms. The highest BCUT2D eigenvalue weighted by Gasteiger charge is 2.23. The Morgan fingerprint density at radius 2 is 1.85 bits per heavy atom. The number of hydrogen-bond donors (Lipinski definition) is 1. The van der Waals surface area contributed by atoms with Gasteiger partial charge in [-0.3, -0.25) is 4.98 Å². The third kappa shape index (κ3) is 5.93. The second-order valence-electron chi connectivity index (χ2n) is 7.25. The molecule has 1 N–H and O–H groups in total. The van der Waals surface area contributed by atoms with E-state index in [4.69, 9.17) is 14.5 Å². The second-order valence-corrected chi connectivity index (χ2v) is 7.25. The highest BCUT2D eigenvalue weighted by molar-refractivity contribution is 5.85. The van der Waals surface area contributed by atoms with Gasteiger partial charge in [-0.1, -0.05) is 44.2 Å². The molecule has 27 heavy (non-hydrogen) atoms. The van der Waals surface area contributed by atoms with Gasteiger partial charge in [0.15, 0.2) is 0 Å². The van der Waals surface area contributed by atoms with Gasteiger partial charge in [0, 0.05) is 23.6 Å². The molecular weight excluding hydrogens is 360 g/mol. The zero-order valence-electron chi connectivity index (χ0n) is 16.6. The molecule has 0 amide bonds. The van der Waals surface area contributed by atoms with Gasteiger partial charge in [-0.2, -0.15) is 0 Å². The minimum atomic E-state index is 0. The number of unbranched alkanes of at least 4 members (excludes halogenated alkanes) is 1. The van der Waals surface area contributed by atoms with Crippen LogP contribution in [0.1, 0.15) is 54.8 Å². The molecule has 2 heterocycles. The van der Waals surface area contributed by atoms with Crippen LogP contribution < -0.4 is 10.1 Å². The number of aromatic nitrogens is 1. The molecule has 0 aliphatic carbocycles. The summed E-state index contributed by atoms with van der Waals surface area (Å²) in [4.78, 5) is 4.86. The van der Waals surface area contributed by atoms with Crippen molar-refractivity contribution < 1.29 is 9.47 Å². The zero-order valence-corrected chi connectivity index (χ0v) is 17.4. The number of ether oxygens (including phenoxy) is 2. The van der Waals surface area contributed by atoms with Crippen LogP contribution in [0.4, 0.5) is 0 Å². The van der Waals surface area contributed by atoms with Crippen LogP contribution in [0.25, 0.3) is 0 Å². The van der Waals surface area contributed by atoms with Gasteiger partial charge in [0.1, 0.15) is 5.75 Å². The van der Waals surface area contributed by atoms with Crippen molar-refractivity contribution in [3.63, 3.8) is 0 Å². The third-order valence-electron chi connectivity index (χ3n) is 4.70. The monoisotopic (exact) mass is 390 g/mol. The van der Waals surface area contributed by atoms with Crippen molar-refractivity contribution in [1.82, 2.24) is 10.3 Å². The molecule has 0 unspecified atom stereocenters. The summed E-state index contributed by atoms with van der Waals surface area (Å²) < 4.78 is 11.9. The van der Waals surface area contributed by atoms with Crippen molar-refractivity contribution in [2.75, 3.05) is 13.2 Å². The molecule has 2 aromatic rings. The Bertz CT molecular complexity index is 720. The quantitative estimate of drug-likeness (QED) is 0.636. The van der Waals surface area contributed by atoms with Gasteiger partial charge < -0.3 is 14.8 Å². The van der Waals surface area contributed by atoms with Crippen LogP contribution in [0.15, 0.2) is 30.3 Å². The molecule has 1 aliphatic heterocycles. The van der Waals surface area contributed by atoms with E-state index in [0.29, 0.717) is 19.3 Å². The smallest absolute Gasteiger partial charge is 0.146 e. The van der Waals surface area contributed by atoms with Gasteiger partial charge in [0.05, 0.1) is 31.2 Å². The number of halogens is 1. The molecule has 1 aromatic carbocycles. The minimum absolute atomic E-state index is 0. The second kappa shape index (κ2) is 10.6. The number of nitrogens with zero attached hydrogens (tertiary/aromatic N) is 1. The fourth-order valence-electron chi connectivity index (χ4n) is 3.35. The summed E-state index contributed by atoms with van der Waals surface area (Å²) >= 11 is 0. The summed E-state index contributed by atoms with van der Waals surface area (Å²) in [7, 11) is 0. The lowest BCUT2D eigenvalue weighted by atomic mass is 10.0. The van der Waals surface area contributed by atoms with E-state index < -0.39 is 0 Å². The van der Waals surface area contributed by atoms with Crippen LogP contribution in [0.5, 0.6) is 5.75 Å². The number of hydrogen-bond acceptors (Lipinski definition) is 4. The Hall–Kier alpha value is -1.62. The first-order chi connectivity index (χ1) is 12.6. The molecule has 0 atom stereocenters. The average molecular weight is 391 g/mol. The van der Waals surface area contributed by atoms with E-state index in [1.807, 2.05) is 13.0 Å². The summed E-state index contributed by atoms with van der Waals surface area (Å²) in [6.07, 6.45) is 3.00. The standard InChI is InChI=1S/C22H30N2O2.ClH/c1-16(2)23-11-7-8-12-26-22-17(3)24-21(19-14-25-15-20(19)22)13-18-9-5-4-6-10-18;/h4-6,9-10,16,23H,7-8,11-15H2,1-3H3;1H. The van der Waals surface area contributed by atoms with Crippen LogP contribution in [-0.4, -0.2) is 24.2 Å². The molecule has 0 spiro atoms. The minimum Gasteiger partial charge on any atom is -0.491 e. The fraction of sp³-hybridized carbons (Fsp3) is 0.500. The molecule has 1 aromatic heterocycles. The SMILES string of the molecule is Cc1nc(Cc2ccccc2)c2c(c1OCCCCNC(C)C)COC2.Cl. The van der Waals surface area contributed by atoms with E-state index in [2.05, 4.69) is 43.4 Å². The highest BCUT2D eigenvalue weighted by atomic mass is 35.5. The van der Waals surface area contributed by atoms with Crippen molar-refractivity contribution in [3.8, 4) is 5.75 Å². The van der Waals surface area contributed by atoms with Gasteiger partial charge in [-0.05, 0) is 31.9 Å². The molecule has 5 heteroatoms. The number of nitrogens with one attached hydrogen (secondary N) is 1. The van der Waals surface area contributed by atoms with Crippen molar-refractivity contribution in [2.45, 2.75) is 59.3 Å². The number of fused-ring (bicyclic) bond motifs is 1. The maximum Gasteiger partial charge on any atom is 0.146 e. The van der Waals surface area contributed by atoms with E-state index in [9.17, 15) is 0 Å². The van der Waals surface area contributed by atoms with Gasteiger partial charge in [0.2, 0.25) is 0 Å². The van der Waals surface area contributed by atoms with E-state index >= 15 is 0 Å². The lowest BCUT2D eigenvalue weighted by molar-refractivity contribution is 0.132. The average Bonchev–Trinajstić information content (AvgIpc) is 3.10. The number of aryl methyl sites for hydroxylation is 1. The fourth-order valence-corrected chi connectivity index (χ4v) is 3.35. The molecular formula is C22H31ClN2O2. The molecule has 0 fully saturated rings. The largest absolute Gasteiger partial charge is 0.491 e. The molecule has 0 saturated carbocycles. The van der Waals surface area contributed by atoms with Gasteiger partial charge in [-0.15, -0.1) is 12.4 Å². The van der Waals surface area contributed by atoms with E-state index in [1.54, 1.807) is 0 Å². The van der Waals surface area contributed by atoms with Crippen molar-refractivity contribution >= 4 is 12.4 Å². The summed E-state index contributed by atoms with van der Waals surface area (Å²) in [6.45, 7) is 9.42. The predicted octanol–water partition coefficient (Wildman–Crippen LogP) is 4.59. The predicted molar refractivity (Wildman–Crippen MR) is 112 cm³/mol. The number of benzene rings is 1. The third-order valence-corrected chi connectivity index (χ3v) is 4.70. The number of rotatable bonds is 9. The summed E-state index contributed by atoms with van der Waals surface area (Å²) in [6, 6.07) is 11.0. The van der Waals surface area contributed by atoms with E-state index in [-0.39, 0.29) is 12.4 Å². The van der Waals surface area contributed by atoms with Gasteiger partial charge in [-0.25, -0.2) is 0 Å².